The molecule has 1 aromatic carbocycles. The summed E-state index contributed by atoms with van der Waals surface area (Å²) in [6.45, 7) is 1.58. The highest BCUT2D eigenvalue weighted by Gasteiger charge is 2.16. The fourth-order valence-corrected chi connectivity index (χ4v) is 2.24. The van der Waals surface area contributed by atoms with E-state index in [4.69, 9.17) is 14.6 Å². The van der Waals surface area contributed by atoms with Gasteiger partial charge in [0.25, 0.3) is 0 Å². The SMILES string of the molecule is COc1cc(OC)cc(-c2nc(SC(C)C(=O)O)n[nH]2)c1. The molecule has 0 amide bonds. The number of benzene rings is 1. The average molecular weight is 309 g/mol. The van der Waals surface area contributed by atoms with Gasteiger partial charge in [0.15, 0.2) is 5.82 Å². The van der Waals surface area contributed by atoms with Crippen LogP contribution in [0.2, 0.25) is 0 Å². The highest BCUT2D eigenvalue weighted by Crippen LogP contribution is 2.29. The molecule has 2 rings (SSSR count). The number of H-pyrrole nitrogens is 1. The number of hydrogen-bond acceptors (Lipinski definition) is 6. The molecule has 7 nitrogen and oxygen atoms in total. The fraction of sp³-hybridized carbons (Fsp3) is 0.308. The predicted molar refractivity (Wildman–Crippen MR) is 77.9 cm³/mol. The van der Waals surface area contributed by atoms with Crippen molar-refractivity contribution in [3.8, 4) is 22.9 Å². The highest BCUT2D eigenvalue weighted by molar-refractivity contribution is 8.00. The van der Waals surface area contributed by atoms with Gasteiger partial charge in [-0.1, -0.05) is 11.8 Å². The Balaban J connectivity index is 2.26. The zero-order valence-corrected chi connectivity index (χ0v) is 12.6. The minimum absolute atomic E-state index is 0.377. The molecule has 0 aliphatic rings. The molecule has 2 N–H and O–H groups in total. The molecule has 8 heteroatoms. The molecule has 0 aliphatic heterocycles. The number of thioether (sulfide) groups is 1. The van der Waals surface area contributed by atoms with Gasteiger partial charge in [-0.2, -0.15) is 0 Å². The smallest absolute Gasteiger partial charge is 0.316 e. The first-order valence-corrected chi connectivity index (χ1v) is 6.96. The zero-order valence-electron chi connectivity index (χ0n) is 11.8. The van der Waals surface area contributed by atoms with Gasteiger partial charge in [0.1, 0.15) is 16.7 Å². The quantitative estimate of drug-likeness (QED) is 0.788. The summed E-state index contributed by atoms with van der Waals surface area (Å²) in [6, 6.07) is 5.33. The number of carbonyl (C=O) groups is 1. The molecule has 0 saturated heterocycles. The zero-order chi connectivity index (χ0) is 15.4. The molecule has 0 bridgehead atoms. The van der Waals surface area contributed by atoms with Crippen molar-refractivity contribution in [2.45, 2.75) is 17.3 Å². The third-order valence-corrected chi connectivity index (χ3v) is 3.67. The molecule has 1 heterocycles. The van der Waals surface area contributed by atoms with E-state index in [1.807, 2.05) is 0 Å². The summed E-state index contributed by atoms with van der Waals surface area (Å²) in [5, 5.41) is 15.4. The molecule has 1 atom stereocenters. The third-order valence-electron chi connectivity index (χ3n) is 2.72. The maximum Gasteiger partial charge on any atom is 0.316 e. The minimum atomic E-state index is -0.908. The molecule has 1 aromatic heterocycles. The number of nitrogens with one attached hydrogen (secondary N) is 1. The standard InChI is InChI=1S/C13H15N3O4S/c1-7(12(17)18)21-13-14-11(15-16-13)8-4-9(19-2)6-10(5-8)20-3/h4-7H,1-3H3,(H,17,18)(H,14,15,16). The number of ether oxygens (including phenoxy) is 2. The van der Waals surface area contributed by atoms with Crippen LogP contribution < -0.4 is 9.47 Å². The van der Waals surface area contributed by atoms with Crippen molar-refractivity contribution < 1.29 is 19.4 Å². The van der Waals surface area contributed by atoms with Gasteiger partial charge in [0, 0.05) is 11.6 Å². The summed E-state index contributed by atoms with van der Waals surface area (Å²) in [5.74, 6) is 0.879. The number of aromatic amines is 1. The second-order valence-electron chi connectivity index (χ2n) is 4.17. The molecule has 2 aromatic rings. The van der Waals surface area contributed by atoms with Crippen molar-refractivity contribution in [2.75, 3.05) is 14.2 Å². The number of carboxylic acid groups (broad SMARTS) is 1. The van der Waals surface area contributed by atoms with Crippen molar-refractivity contribution in [3.05, 3.63) is 18.2 Å². The molecule has 1 unspecified atom stereocenters. The molecule has 0 radical (unpaired) electrons. The topological polar surface area (TPSA) is 97.3 Å². The van der Waals surface area contributed by atoms with Crippen LogP contribution in [0.4, 0.5) is 0 Å². The van der Waals surface area contributed by atoms with Crippen molar-refractivity contribution in [1.82, 2.24) is 15.2 Å². The second kappa shape index (κ2) is 6.49. The molecule has 21 heavy (non-hydrogen) atoms. The summed E-state index contributed by atoms with van der Waals surface area (Å²) < 4.78 is 10.4. The number of methoxy groups -OCH3 is 2. The normalized spacial score (nSPS) is 12.0. The number of nitrogens with zero attached hydrogens (tertiary/aromatic N) is 2. The van der Waals surface area contributed by atoms with Crippen LogP contribution in [0.5, 0.6) is 11.5 Å². The summed E-state index contributed by atoms with van der Waals surface area (Å²) in [7, 11) is 3.13. The lowest BCUT2D eigenvalue weighted by molar-refractivity contribution is -0.136. The Morgan fingerprint density at radius 1 is 1.29 bits per heavy atom. The van der Waals surface area contributed by atoms with E-state index in [2.05, 4.69) is 15.2 Å². The molecular formula is C13H15N3O4S. The van der Waals surface area contributed by atoms with Gasteiger partial charge in [-0.05, 0) is 19.1 Å². The van der Waals surface area contributed by atoms with Crippen molar-refractivity contribution in [3.63, 3.8) is 0 Å². The van der Waals surface area contributed by atoms with Gasteiger partial charge in [0.05, 0.1) is 14.2 Å². The lowest BCUT2D eigenvalue weighted by Crippen LogP contribution is -2.11. The van der Waals surface area contributed by atoms with Gasteiger partial charge >= 0.3 is 5.97 Å². The molecule has 0 aliphatic carbocycles. The van der Waals surface area contributed by atoms with Crippen LogP contribution in [-0.2, 0) is 4.79 Å². The number of carboxylic acids is 1. The van der Waals surface area contributed by atoms with Crippen LogP contribution in [0.3, 0.4) is 0 Å². The molecule has 0 spiro atoms. The summed E-state index contributed by atoms with van der Waals surface area (Å²) in [6.07, 6.45) is 0. The van der Waals surface area contributed by atoms with Gasteiger partial charge in [-0.3, -0.25) is 9.89 Å². The van der Waals surface area contributed by atoms with Gasteiger partial charge in [-0.15, -0.1) is 5.10 Å². The number of aromatic nitrogens is 3. The van der Waals surface area contributed by atoms with Gasteiger partial charge in [-0.25, -0.2) is 4.98 Å². The van der Waals surface area contributed by atoms with E-state index in [1.54, 1.807) is 39.3 Å². The Kier molecular flexibility index (Phi) is 4.69. The van der Waals surface area contributed by atoms with Crippen LogP contribution >= 0.6 is 11.8 Å². The van der Waals surface area contributed by atoms with Crippen LogP contribution in [0, 0.1) is 0 Å². The largest absolute Gasteiger partial charge is 0.497 e. The van der Waals surface area contributed by atoms with Crippen molar-refractivity contribution in [2.24, 2.45) is 0 Å². The first kappa shape index (κ1) is 15.2. The van der Waals surface area contributed by atoms with Gasteiger partial charge in [0.2, 0.25) is 5.16 Å². The third kappa shape index (κ3) is 3.66. The predicted octanol–water partition coefficient (Wildman–Crippen LogP) is 2.05. The molecular weight excluding hydrogens is 294 g/mol. The Morgan fingerprint density at radius 2 is 1.90 bits per heavy atom. The maximum absolute atomic E-state index is 10.8. The van der Waals surface area contributed by atoms with E-state index in [0.717, 1.165) is 17.3 Å². The van der Waals surface area contributed by atoms with E-state index in [1.165, 1.54) is 0 Å². The van der Waals surface area contributed by atoms with E-state index in [9.17, 15) is 4.79 Å². The fourth-order valence-electron chi connectivity index (χ4n) is 1.58. The lowest BCUT2D eigenvalue weighted by atomic mass is 10.2. The Hall–Kier alpha value is -2.22. The first-order chi connectivity index (χ1) is 10.0. The molecule has 0 saturated carbocycles. The average Bonchev–Trinajstić information content (AvgIpc) is 2.95. The van der Waals surface area contributed by atoms with Crippen LogP contribution in [0.1, 0.15) is 6.92 Å². The van der Waals surface area contributed by atoms with Crippen LogP contribution in [-0.4, -0.2) is 45.7 Å². The van der Waals surface area contributed by atoms with Crippen molar-refractivity contribution in [1.29, 1.82) is 0 Å². The summed E-state index contributed by atoms with van der Waals surface area (Å²) in [4.78, 5) is 15.1. The van der Waals surface area contributed by atoms with Crippen molar-refractivity contribution >= 4 is 17.7 Å². The number of aliphatic carboxylic acids is 1. The van der Waals surface area contributed by atoms with Crippen LogP contribution in [0.15, 0.2) is 23.4 Å². The van der Waals surface area contributed by atoms with Gasteiger partial charge < -0.3 is 14.6 Å². The lowest BCUT2D eigenvalue weighted by Gasteiger charge is -2.06. The maximum atomic E-state index is 10.8. The van der Waals surface area contributed by atoms with E-state index >= 15 is 0 Å². The van der Waals surface area contributed by atoms with E-state index in [-0.39, 0.29) is 0 Å². The molecule has 0 fully saturated rings. The second-order valence-corrected chi connectivity index (χ2v) is 5.47. The summed E-state index contributed by atoms with van der Waals surface area (Å²) in [5.41, 5.74) is 0.744. The Bertz CT molecular complexity index is 622. The van der Waals surface area contributed by atoms with E-state index < -0.39 is 11.2 Å². The molecule has 112 valence electrons. The Labute approximate surface area is 125 Å². The highest BCUT2D eigenvalue weighted by atomic mass is 32.2. The summed E-state index contributed by atoms with van der Waals surface area (Å²) >= 11 is 1.07. The number of rotatable bonds is 6. The van der Waals surface area contributed by atoms with Crippen LogP contribution in [0.25, 0.3) is 11.4 Å². The minimum Gasteiger partial charge on any atom is -0.497 e. The monoisotopic (exact) mass is 309 g/mol. The Morgan fingerprint density at radius 3 is 2.43 bits per heavy atom. The number of hydrogen-bond donors (Lipinski definition) is 2. The van der Waals surface area contributed by atoms with E-state index in [0.29, 0.717) is 22.5 Å². The first-order valence-electron chi connectivity index (χ1n) is 6.08.